The lowest BCUT2D eigenvalue weighted by molar-refractivity contribution is -0.137. The van der Waals surface area contributed by atoms with Gasteiger partial charge in [-0.15, -0.1) is 24.0 Å². The van der Waals surface area contributed by atoms with Crippen LogP contribution in [-0.2, 0) is 12.7 Å². The molecule has 156 valence electrons. The molecule has 1 rings (SSSR count). The third kappa shape index (κ3) is 9.64. The topological polar surface area (TPSA) is 30.9 Å². The van der Waals surface area contributed by atoms with Gasteiger partial charge in [-0.3, -0.25) is 4.99 Å². The van der Waals surface area contributed by atoms with Crippen molar-refractivity contribution in [1.82, 2.24) is 15.1 Å². The van der Waals surface area contributed by atoms with Crippen molar-refractivity contribution >= 4 is 29.9 Å². The van der Waals surface area contributed by atoms with Gasteiger partial charge >= 0.3 is 6.18 Å². The summed E-state index contributed by atoms with van der Waals surface area (Å²) in [7, 11) is 3.59. The summed E-state index contributed by atoms with van der Waals surface area (Å²) in [6.45, 7) is 8.89. The third-order valence-electron chi connectivity index (χ3n) is 4.35. The van der Waals surface area contributed by atoms with Gasteiger partial charge in [-0.2, -0.15) is 13.2 Å². The zero-order chi connectivity index (χ0) is 19.6. The van der Waals surface area contributed by atoms with Crippen molar-refractivity contribution in [3.8, 4) is 0 Å². The molecule has 0 spiro atoms. The van der Waals surface area contributed by atoms with Gasteiger partial charge in [0, 0.05) is 27.2 Å². The molecule has 0 aliphatic carbocycles. The molecule has 0 saturated carbocycles. The lowest BCUT2D eigenvalue weighted by Gasteiger charge is -2.23. The van der Waals surface area contributed by atoms with Crippen LogP contribution in [0.3, 0.4) is 0 Å². The Bertz CT molecular complexity index is 543. The Balaban J connectivity index is 0.00000676. The van der Waals surface area contributed by atoms with E-state index < -0.39 is 11.7 Å². The van der Waals surface area contributed by atoms with Crippen molar-refractivity contribution in [2.24, 2.45) is 4.99 Å². The molecule has 0 aliphatic heterocycles. The molecule has 1 N–H and O–H groups in total. The highest BCUT2D eigenvalue weighted by Gasteiger charge is 2.29. The van der Waals surface area contributed by atoms with E-state index >= 15 is 0 Å². The molecule has 0 fully saturated rings. The molecule has 0 radical (unpaired) electrons. The largest absolute Gasteiger partial charge is 0.416 e. The van der Waals surface area contributed by atoms with Gasteiger partial charge in [-0.25, -0.2) is 0 Å². The molecule has 1 aromatic carbocycles. The summed E-state index contributed by atoms with van der Waals surface area (Å²) in [5.74, 6) is 0.743. The number of halogens is 4. The molecular formula is C19H32F3IN4. The van der Waals surface area contributed by atoms with E-state index in [0.717, 1.165) is 62.7 Å². The van der Waals surface area contributed by atoms with Gasteiger partial charge in [0.05, 0.1) is 5.56 Å². The Kier molecular flexibility index (Phi) is 12.7. The van der Waals surface area contributed by atoms with Gasteiger partial charge in [0.2, 0.25) is 0 Å². The van der Waals surface area contributed by atoms with Crippen LogP contribution in [0, 0.1) is 0 Å². The van der Waals surface area contributed by atoms with Crippen LogP contribution in [0.4, 0.5) is 13.2 Å². The lowest BCUT2D eigenvalue weighted by Crippen LogP contribution is -2.39. The van der Waals surface area contributed by atoms with Gasteiger partial charge in [-0.05, 0) is 50.2 Å². The van der Waals surface area contributed by atoms with E-state index in [4.69, 9.17) is 0 Å². The Labute approximate surface area is 178 Å². The zero-order valence-corrected chi connectivity index (χ0v) is 19.0. The fourth-order valence-corrected chi connectivity index (χ4v) is 2.73. The summed E-state index contributed by atoms with van der Waals surface area (Å²) in [5, 5.41) is 3.31. The average Bonchev–Trinajstić information content (AvgIpc) is 2.61. The molecular weight excluding hydrogens is 468 g/mol. The second-order valence-corrected chi connectivity index (χ2v) is 6.26. The summed E-state index contributed by atoms with van der Waals surface area (Å²) in [4.78, 5) is 8.55. The normalized spacial score (nSPS) is 12.1. The van der Waals surface area contributed by atoms with Crippen molar-refractivity contribution in [2.75, 3.05) is 40.3 Å². The number of benzene rings is 1. The number of nitrogens with one attached hydrogen (secondary N) is 1. The molecule has 0 aliphatic rings. The third-order valence-corrected chi connectivity index (χ3v) is 4.35. The number of guanidine groups is 1. The van der Waals surface area contributed by atoms with E-state index in [0.29, 0.717) is 6.54 Å². The first-order valence-corrected chi connectivity index (χ1v) is 9.12. The monoisotopic (exact) mass is 500 g/mol. The van der Waals surface area contributed by atoms with Gasteiger partial charge in [0.15, 0.2) is 5.96 Å². The summed E-state index contributed by atoms with van der Waals surface area (Å²) in [5.41, 5.74) is 0.185. The van der Waals surface area contributed by atoms with E-state index in [1.165, 1.54) is 12.1 Å². The second-order valence-electron chi connectivity index (χ2n) is 6.26. The smallest absolute Gasteiger partial charge is 0.356 e. The minimum absolute atomic E-state index is 0. The Hall–Kier alpha value is -1.03. The van der Waals surface area contributed by atoms with Crippen LogP contribution in [0.5, 0.6) is 0 Å². The predicted octanol–water partition coefficient (Wildman–Crippen LogP) is 4.45. The number of alkyl halides is 3. The molecule has 27 heavy (non-hydrogen) atoms. The molecule has 0 aromatic heterocycles. The molecule has 0 saturated heterocycles. The van der Waals surface area contributed by atoms with E-state index in [1.54, 1.807) is 7.05 Å². The highest BCUT2D eigenvalue weighted by molar-refractivity contribution is 14.0. The number of hydrogen-bond donors (Lipinski definition) is 1. The SMILES string of the molecule is CCN(CC)CCCCNC(=NC)N(C)Cc1ccc(C(F)(F)F)cc1.I. The van der Waals surface area contributed by atoms with Crippen LogP contribution in [-0.4, -0.2) is 56.0 Å². The standard InChI is InChI=1S/C19H31F3N4.HI/c1-5-26(6-2)14-8-7-13-24-18(23-3)25(4)15-16-9-11-17(12-10-16)19(20,21)22;/h9-12H,5-8,13-15H2,1-4H3,(H,23,24);1H. The summed E-state index contributed by atoms with van der Waals surface area (Å²) < 4.78 is 37.9. The molecule has 0 atom stereocenters. The zero-order valence-electron chi connectivity index (χ0n) is 16.6. The Morgan fingerprint density at radius 1 is 1.07 bits per heavy atom. The lowest BCUT2D eigenvalue weighted by atomic mass is 10.1. The molecule has 0 bridgehead atoms. The minimum atomic E-state index is -4.30. The van der Waals surface area contributed by atoms with Crippen LogP contribution >= 0.6 is 24.0 Å². The molecule has 4 nitrogen and oxygen atoms in total. The molecule has 0 amide bonds. The summed E-state index contributed by atoms with van der Waals surface area (Å²) in [6.07, 6.45) is -2.13. The first-order valence-electron chi connectivity index (χ1n) is 9.12. The van der Waals surface area contributed by atoms with Crippen molar-refractivity contribution in [2.45, 2.75) is 39.4 Å². The van der Waals surface area contributed by atoms with E-state index in [2.05, 4.69) is 29.1 Å². The Morgan fingerprint density at radius 3 is 2.15 bits per heavy atom. The molecule has 8 heteroatoms. The van der Waals surface area contributed by atoms with Crippen LogP contribution in [0.1, 0.15) is 37.8 Å². The maximum Gasteiger partial charge on any atom is 0.416 e. The fraction of sp³-hybridized carbons (Fsp3) is 0.632. The number of aliphatic imine (C=N–C) groups is 1. The number of hydrogen-bond acceptors (Lipinski definition) is 2. The van der Waals surface area contributed by atoms with E-state index in [-0.39, 0.29) is 24.0 Å². The van der Waals surface area contributed by atoms with Crippen LogP contribution in [0.15, 0.2) is 29.3 Å². The fourth-order valence-electron chi connectivity index (χ4n) is 2.73. The first kappa shape index (κ1) is 26.0. The van der Waals surface area contributed by atoms with Gasteiger partial charge in [0.1, 0.15) is 0 Å². The first-order chi connectivity index (χ1) is 12.3. The van der Waals surface area contributed by atoms with Gasteiger partial charge in [0.25, 0.3) is 0 Å². The van der Waals surface area contributed by atoms with Crippen molar-refractivity contribution < 1.29 is 13.2 Å². The predicted molar refractivity (Wildman–Crippen MR) is 117 cm³/mol. The molecule has 1 aromatic rings. The summed E-state index contributed by atoms with van der Waals surface area (Å²) >= 11 is 0. The van der Waals surface area contributed by atoms with Crippen LogP contribution in [0.2, 0.25) is 0 Å². The summed E-state index contributed by atoms with van der Waals surface area (Å²) in [6, 6.07) is 5.26. The minimum Gasteiger partial charge on any atom is -0.356 e. The number of unbranched alkanes of at least 4 members (excludes halogenated alkanes) is 1. The second kappa shape index (κ2) is 13.2. The van der Waals surface area contributed by atoms with Gasteiger partial charge < -0.3 is 15.1 Å². The highest BCUT2D eigenvalue weighted by atomic mass is 127. The van der Waals surface area contributed by atoms with Crippen molar-refractivity contribution in [3.05, 3.63) is 35.4 Å². The van der Waals surface area contributed by atoms with Crippen molar-refractivity contribution in [1.29, 1.82) is 0 Å². The van der Waals surface area contributed by atoms with E-state index in [1.807, 2.05) is 11.9 Å². The average molecular weight is 500 g/mol. The number of nitrogens with zero attached hydrogens (tertiary/aromatic N) is 3. The maximum absolute atomic E-state index is 12.6. The van der Waals surface area contributed by atoms with Crippen LogP contribution < -0.4 is 5.32 Å². The van der Waals surface area contributed by atoms with Crippen LogP contribution in [0.25, 0.3) is 0 Å². The van der Waals surface area contributed by atoms with Crippen molar-refractivity contribution in [3.63, 3.8) is 0 Å². The number of rotatable bonds is 9. The quantitative estimate of drug-likeness (QED) is 0.235. The highest BCUT2D eigenvalue weighted by Crippen LogP contribution is 2.29. The Morgan fingerprint density at radius 2 is 1.67 bits per heavy atom. The molecule has 0 unspecified atom stereocenters. The molecule has 0 heterocycles. The van der Waals surface area contributed by atoms with E-state index in [9.17, 15) is 13.2 Å². The van der Waals surface area contributed by atoms with Gasteiger partial charge in [-0.1, -0.05) is 26.0 Å². The maximum atomic E-state index is 12.6.